The number of aldehydes is 1. The number of carbonyl (C=O) groups excluding carboxylic acids is 1. The number of aromatic nitrogens is 6. The number of aryl methyl sites for hydroxylation is 1. The minimum Gasteiger partial charge on any atom is -0.296 e. The highest BCUT2D eigenvalue weighted by Gasteiger charge is 2.21. The number of benzene rings is 2. The van der Waals surface area contributed by atoms with E-state index in [4.69, 9.17) is 5.10 Å². The Hall–Kier alpha value is -3.61. The smallest absolute Gasteiger partial charge is 0.205 e. The average Bonchev–Trinajstić information content (AvgIpc) is 3.42. The second kappa shape index (κ2) is 9.48. The monoisotopic (exact) mass is 442 g/mol. The molecule has 2 heterocycles. The van der Waals surface area contributed by atoms with Crippen molar-refractivity contribution in [3.8, 4) is 22.5 Å². The fraction of sp³-hybridized carbons (Fsp3) is 0.346. The van der Waals surface area contributed by atoms with Crippen molar-refractivity contribution in [1.29, 1.82) is 0 Å². The zero-order chi connectivity index (χ0) is 23.4. The van der Waals surface area contributed by atoms with E-state index in [9.17, 15) is 4.79 Å². The lowest BCUT2D eigenvalue weighted by Gasteiger charge is -2.18. The van der Waals surface area contributed by atoms with Gasteiger partial charge in [0.15, 0.2) is 6.29 Å². The minimum absolute atomic E-state index is 0.0400. The van der Waals surface area contributed by atoms with E-state index in [-0.39, 0.29) is 5.41 Å². The second-order valence-corrected chi connectivity index (χ2v) is 9.55. The van der Waals surface area contributed by atoms with Crippen molar-refractivity contribution in [1.82, 2.24) is 30.4 Å². The molecule has 2 aromatic carbocycles. The van der Waals surface area contributed by atoms with E-state index in [1.807, 2.05) is 22.9 Å². The van der Waals surface area contributed by atoms with Gasteiger partial charge in [-0.1, -0.05) is 82.6 Å². The molecule has 0 aliphatic heterocycles. The molecule has 0 spiro atoms. The molecule has 170 valence electrons. The maximum atomic E-state index is 12.1. The van der Waals surface area contributed by atoms with Crippen LogP contribution in [-0.4, -0.2) is 36.7 Å². The Balaban J connectivity index is 1.65. The number of hydrogen-bond donors (Lipinski definition) is 1. The van der Waals surface area contributed by atoms with Crippen molar-refractivity contribution in [3.63, 3.8) is 0 Å². The highest BCUT2D eigenvalue weighted by Crippen LogP contribution is 2.30. The molecule has 4 aromatic rings. The van der Waals surface area contributed by atoms with Gasteiger partial charge in [0.25, 0.3) is 0 Å². The molecule has 0 unspecified atom stereocenters. The third-order valence-corrected chi connectivity index (χ3v) is 5.56. The summed E-state index contributed by atoms with van der Waals surface area (Å²) in [5.41, 5.74) is 6.99. The molecule has 1 N–H and O–H groups in total. The molecule has 0 saturated heterocycles. The Labute approximate surface area is 194 Å². The number of nitrogens with one attached hydrogen (secondary N) is 1. The molecule has 0 fully saturated rings. The van der Waals surface area contributed by atoms with E-state index in [0.29, 0.717) is 24.5 Å². The summed E-state index contributed by atoms with van der Waals surface area (Å²) in [6.45, 7) is 9.33. The third kappa shape index (κ3) is 5.08. The molecule has 7 heteroatoms. The SMILES string of the molecule is CCCc1nn(CC(C)(C)C)c(C=O)c1Cc1ccc(-c2ccccc2-c2nn[nH]n2)cc1. The van der Waals surface area contributed by atoms with Crippen molar-refractivity contribution in [3.05, 3.63) is 71.0 Å². The fourth-order valence-corrected chi connectivity index (χ4v) is 4.11. The molecule has 0 radical (unpaired) electrons. The first-order chi connectivity index (χ1) is 15.9. The second-order valence-electron chi connectivity index (χ2n) is 9.55. The Morgan fingerprint density at radius 2 is 1.76 bits per heavy atom. The Bertz CT molecular complexity index is 1220. The van der Waals surface area contributed by atoms with Gasteiger partial charge < -0.3 is 0 Å². The van der Waals surface area contributed by atoms with E-state index in [0.717, 1.165) is 52.6 Å². The van der Waals surface area contributed by atoms with Crippen LogP contribution >= 0.6 is 0 Å². The lowest BCUT2D eigenvalue weighted by molar-refractivity contribution is 0.111. The van der Waals surface area contributed by atoms with Crippen molar-refractivity contribution in [2.75, 3.05) is 0 Å². The number of aromatic amines is 1. The van der Waals surface area contributed by atoms with Crippen molar-refractivity contribution < 1.29 is 4.79 Å². The summed E-state index contributed by atoms with van der Waals surface area (Å²) in [6.07, 6.45) is 3.50. The van der Waals surface area contributed by atoms with Crippen LogP contribution in [0.4, 0.5) is 0 Å². The predicted molar refractivity (Wildman–Crippen MR) is 129 cm³/mol. The van der Waals surface area contributed by atoms with Crippen LogP contribution in [0.25, 0.3) is 22.5 Å². The summed E-state index contributed by atoms with van der Waals surface area (Å²) < 4.78 is 1.89. The molecule has 0 aliphatic carbocycles. The van der Waals surface area contributed by atoms with Gasteiger partial charge in [0, 0.05) is 24.1 Å². The van der Waals surface area contributed by atoms with Crippen LogP contribution in [0.1, 0.15) is 61.4 Å². The van der Waals surface area contributed by atoms with E-state index in [1.54, 1.807) is 0 Å². The summed E-state index contributed by atoms with van der Waals surface area (Å²) in [5.74, 6) is 0.570. The van der Waals surface area contributed by atoms with Crippen LogP contribution in [0.15, 0.2) is 48.5 Å². The van der Waals surface area contributed by atoms with Crippen LogP contribution in [0.2, 0.25) is 0 Å². The molecule has 0 atom stereocenters. The van der Waals surface area contributed by atoms with E-state index < -0.39 is 0 Å². The van der Waals surface area contributed by atoms with E-state index in [2.05, 4.69) is 78.7 Å². The largest absolute Gasteiger partial charge is 0.296 e. The van der Waals surface area contributed by atoms with Crippen LogP contribution in [0.5, 0.6) is 0 Å². The molecule has 4 rings (SSSR count). The average molecular weight is 443 g/mol. The Morgan fingerprint density at radius 3 is 2.36 bits per heavy atom. The van der Waals surface area contributed by atoms with Gasteiger partial charge in [0.2, 0.25) is 5.82 Å². The minimum atomic E-state index is 0.0400. The van der Waals surface area contributed by atoms with Crippen LogP contribution < -0.4 is 0 Å². The standard InChI is InChI=1S/C26H30N6O/c1-5-8-23-22(24(16-33)32(29-23)17-26(2,3)4)15-18-11-13-19(14-12-18)20-9-6-7-10-21(20)25-27-30-31-28-25/h6-7,9-14,16H,5,8,15,17H2,1-4H3,(H,27,28,30,31). The predicted octanol–water partition coefficient (Wildman–Crippen LogP) is 5.13. The highest BCUT2D eigenvalue weighted by molar-refractivity contribution is 5.80. The Kier molecular flexibility index (Phi) is 6.49. The van der Waals surface area contributed by atoms with Gasteiger partial charge in [0.05, 0.1) is 5.69 Å². The molecule has 2 aromatic heterocycles. The quantitative estimate of drug-likeness (QED) is 0.382. The zero-order valence-corrected chi connectivity index (χ0v) is 19.7. The number of rotatable bonds is 8. The molecule has 0 aliphatic rings. The number of H-pyrrole nitrogens is 1. The number of nitrogens with zero attached hydrogens (tertiary/aromatic N) is 5. The zero-order valence-electron chi connectivity index (χ0n) is 19.7. The van der Waals surface area contributed by atoms with Gasteiger partial charge in [0.1, 0.15) is 5.69 Å². The summed E-state index contributed by atoms with van der Waals surface area (Å²) >= 11 is 0. The molecule has 0 saturated carbocycles. The summed E-state index contributed by atoms with van der Waals surface area (Å²) in [6, 6.07) is 16.5. The van der Waals surface area contributed by atoms with Crippen molar-refractivity contribution in [2.45, 2.75) is 53.5 Å². The number of carbonyl (C=O) groups is 1. The highest BCUT2D eigenvalue weighted by atomic mass is 16.1. The number of hydrogen-bond acceptors (Lipinski definition) is 5. The van der Waals surface area contributed by atoms with Gasteiger partial charge in [-0.15, -0.1) is 10.2 Å². The first-order valence-corrected chi connectivity index (χ1v) is 11.4. The maximum absolute atomic E-state index is 12.1. The van der Waals surface area contributed by atoms with Gasteiger partial charge >= 0.3 is 0 Å². The maximum Gasteiger partial charge on any atom is 0.205 e. The Morgan fingerprint density at radius 1 is 1.03 bits per heavy atom. The third-order valence-electron chi connectivity index (χ3n) is 5.56. The van der Waals surface area contributed by atoms with Crippen LogP contribution in [0.3, 0.4) is 0 Å². The topological polar surface area (TPSA) is 89.4 Å². The molecular formula is C26H30N6O. The molecule has 0 amide bonds. The summed E-state index contributed by atoms with van der Waals surface area (Å²) in [5, 5.41) is 19.3. The summed E-state index contributed by atoms with van der Waals surface area (Å²) in [4.78, 5) is 12.1. The van der Waals surface area contributed by atoms with E-state index >= 15 is 0 Å². The lowest BCUT2D eigenvalue weighted by Crippen LogP contribution is -2.18. The normalized spacial score (nSPS) is 11.6. The van der Waals surface area contributed by atoms with Gasteiger partial charge in [-0.25, -0.2) is 0 Å². The van der Waals surface area contributed by atoms with Gasteiger partial charge in [-0.2, -0.15) is 10.3 Å². The van der Waals surface area contributed by atoms with Crippen LogP contribution in [-0.2, 0) is 19.4 Å². The lowest BCUT2D eigenvalue weighted by atomic mass is 9.95. The molecule has 0 bridgehead atoms. The van der Waals surface area contributed by atoms with Crippen LogP contribution in [0, 0.1) is 5.41 Å². The summed E-state index contributed by atoms with van der Waals surface area (Å²) in [7, 11) is 0. The fourth-order valence-electron chi connectivity index (χ4n) is 4.11. The first kappa shape index (κ1) is 22.6. The van der Waals surface area contributed by atoms with Crippen molar-refractivity contribution in [2.24, 2.45) is 5.41 Å². The van der Waals surface area contributed by atoms with Gasteiger partial charge in [-0.3, -0.25) is 9.48 Å². The first-order valence-electron chi connectivity index (χ1n) is 11.4. The van der Waals surface area contributed by atoms with Gasteiger partial charge in [-0.05, 0) is 33.7 Å². The molecule has 7 nitrogen and oxygen atoms in total. The van der Waals surface area contributed by atoms with E-state index in [1.165, 1.54) is 0 Å². The van der Waals surface area contributed by atoms with Crippen molar-refractivity contribution >= 4 is 6.29 Å². The molecule has 33 heavy (non-hydrogen) atoms. The molecular weight excluding hydrogens is 412 g/mol. The number of tetrazole rings is 1.